The normalized spacial score (nSPS) is 9.29. The molecule has 21 heavy (non-hydrogen) atoms. The molecule has 2 aromatic rings. The van der Waals surface area contributed by atoms with E-state index in [4.69, 9.17) is 25.5 Å². The van der Waals surface area contributed by atoms with E-state index in [2.05, 4.69) is 0 Å². The first-order valence-corrected chi connectivity index (χ1v) is 5.93. The molecule has 5 N–H and O–H groups in total. The van der Waals surface area contributed by atoms with Crippen LogP contribution in [0.15, 0.2) is 24.3 Å². The third kappa shape index (κ3) is 4.80. The Balaban J connectivity index is 0.000000364. The van der Waals surface area contributed by atoms with E-state index < -0.39 is 5.75 Å². The monoisotopic (exact) mass is 294 g/mol. The Kier molecular flexibility index (Phi) is 6.40. The second-order valence-corrected chi connectivity index (χ2v) is 4.58. The first-order chi connectivity index (χ1) is 9.22. The minimum absolute atomic E-state index is 0. The quantitative estimate of drug-likeness (QED) is 0.479. The van der Waals surface area contributed by atoms with Gasteiger partial charge in [-0.1, -0.05) is 7.43 Å². The Hall–Kier alpha value is -2.56. The van der Waals surface area contributed by atoms with E-state index in [1.54, 1.807) is 26.0 Å². The largest absolute Gasteiger partial charge is 0.508 e. The van der Waals surface area contributed by atoms with Gasteiger partial charge in [0.25, 0.3) is 0 Å². The molecule has 0 atom stereocenters. The van der Waals surface area contributed by atoms with E-state index in [0.29, 0.717) is 11.1 Å². The van der Waals surface area contributed by atoms with E-state index >= 15 is 0 Å². The number of hydrogen-bond donors (Lipinski definition) is 5. The fourth-order valence-electron chi connectivity index (χ4n) is 1.56. The molecule has 0 spiro atoms. The summed E-state index contributed by atoms with van der Waals surface area (Å²) in [6.45, 7) is 5.20. The van der Waals surface area contributed by atoms with Crippen molar-refractivity contribution in [3.63, 3.8) is 0 Å². The van der Waals surface area contributed by atoms with Crippen LogP contribution in [0.3, 0.4) is 0 Å². The molecule has 0 unspecified atom stereocenters. The zero-order chi connectivity index (χ0) is 15.4. The Morgan fingerprint density at radius 1 is 0.571 bits per heavy atom. The summed E-state index contributed by atoms with van der Waals surface area (Å²) in [5.41, 5.74) is 2.10. The number of benzene rings is 2. The van der Waals surface area contributed by atoms with Crippen LogP contribution in [0.5, 0.6) is 28.7 Å². The van der Waals surface area contributed by atoms with Crippen molar-refractivity contribution in [2.75, 3.05) is 0 Å². The second-order valence-electron chi connectivity index (χ2n) is 4.58. The molecule has 116 valence electrons. The molecule has 2 aromatic carbocycles. The Bertz CT molecular complexity index is 519. The molecule has 0 saturated heterocycles. The summed E-state index contributed by atoms with van der Waals surface area (Å²) < 4.78 is 0. The molecule has 0 saturated carbocycles. The van der Waals surface area contributed by atoms with Gasteiger partial charge in [-0.05, 0) is 56.2 Å². The van der Waals surface area contributed by atoms with E-state index in [9.17, 15) is 0 Å². The second kappa shape index (κ2) is 7.28. The number of aromatic hydroxyl groups is 5. The molecule has 0 radical (unpaired) electrons. The molecular formula is C16H22O5. The van der Waals surface area contributed by atoms with Crippen LogP contribution in [-0.2, 0) is 0 Å². The van der Waals surface area contributed by atoms with Gasteiger partial charge in [0.2, 0.25) is 0 Å². The van der Waals surface area contributed by atoms with E-state index in [-0.39, 0.29) is 30.4 Å². The average Bonchev–Trinajstić information content (AvgIpc) is 2.33. The summed E-state index contributed by atoms with van der Waals surface area (Å²) in [7, 11) is 0. The van der Waals surface area contributed by atoms with Crippen molar-refractivity contribution >= 4 is 0 Å². The van der Waals surface area contributed by atoms with Crippen LogP contribution in [0.2, 0.25) is 0 Å². The zero-order valence-electron chi connectivity index (χ0n) is 11.5. The zero-order valence-corrected chi connectivity index (χ0v) is 11.5. The lowest BCUT2D eigenvalue weighted by molar-refractivity contribution is 0.367. The molecule has 0 fully saturated rings. The minimum Gasteiger partial charge on any atom is -0.508 e. The first kappa shape index (κ1) is 18.4. The highest BCUT2D eigenvalue weighted by molar-refractivity contribution is 5.50. The van der Waals surface area contributed by atoms with Crippen LogP contribution in [0.4, 0.5) is 0 Å². The third-order valence-electron chi connectivity index (χ3n) is 2.71. The molecule has 0 aliphatic rings. The molecule has 5 nitrogen and oxygen atoms in total. The number of hydrogen-bond acceptors (Lipinski definition) is 5. The molecule has 0 aliphatic carbocycles. The van der Waals surface area contributed by atoms with Gasteiger partial charge in [0.1, 0.15) is 11.5 Å². The fourth-order valence-corrected chi connectivity index (χ4v) is 1.56. The topological polar surface area (TPSA) is 101 Å². The number of rotatable bonds is 0. The molecule has 0 heterocycles. The van der Waals surface area contributed by atoms with Gasteiger partial charge in [-0.2, -0.15) is 0 Å². The average molecular weight is 294 g/mol. The molecule has 5 heteroatoms. The fraction of sp³-hybridized carbons (Fsp3) is 0.250. The Morgan fingerprint density at radius 2 is 0.857 bits per heavy atom. The van der Waals surface area contributed by atoms with Crippen LogP contribution in [0.25, 0.3) is 0 Å². The maximum atomic E-state index is 9.12. The van der Waals surface area contributed by atoms with Crippen molar-refractivity contribution in [3.8, 4) is 28.7 Å². The highest BCUT2D eigenvalue weighted by atomic mass is 16.3. The first-order valence-electron chi connectivity index (χ1n) is 5.93. The van der Waals surface area contributed by atoms with Crippen LogP contribution in [0.1, 0.15) is 24.1 Å². The van der Waals surface area contributed by atoms with Crippen molar-refractivity contribution in [2.24, 2.45) is 0 Å². The van der Waals surface area contributed by atoms with Crippen molar-refractivity contribution in [1.82, 2.24) is 0 Å². The molecule has 0 aliphatic heterocycles. The van der Waals surface area contributed by atoms with Gasteiger partial charge in [-0.15, -0.1) is 0 Å². The van der Waals surface area contributed by atoms with Crippen molar-refractivity contribution < 1.29 is 25.5 Å². The number of phenolic OH excluding ortho intramolecular Hbond substituents is 5. The molecule has 0 aromatic heterocycles. The van der Waals surface area contributed by atoms with E-state index in [0.717, 1.165) is 5.56 Å². The predicted octanol–water partition coefficient (Wildman–Crippen LogP) is 3.46. The molecular weight excluding hydrogens is 272 g/mol. The highest BCUT2D eigenvalue weighted by Gasteiger charge is 2.04. The molecule has 0 bridgehead atoms. The summed E-state index contributed by atoms with van der Waals surface area (Å²) in [6, 6.07) is 5.98. The lowest BCUT2D eigenvalue weighted by Crippen LogP contribution is -1.78. The number of aryl methyl sites for hydroxylation is 2. The smallest absolute Gasteiger partial charge is 0.200 e. The predicted molar refractivity (Wildman–Crippen MR) is 82.2 cm³/mol. The summed E-state index contributed by atoms with van der Waals surface area (Å²) in [6.07, 6.45) is 0. The summed E-state index contributed by atoms with van der Waals surface area (Å²) in [5.74, 6) is -0.754. The summed E-state index contributed by atoms with van der Waals surface area (Å²) >= 11 is 0. The van der Waals surface area contributed by atoms with Gasteiger partial charge in [0.15, 0.2) is 17.2 Å². The lowest BCUT2D eigenvalue weighted by Gasteiger charge is -2.01. The van der Waals surface area contributed by atoms with Crippen LogP contribution in [0, 0.1) is 20.8 Å². The van der Waals surface area contributed by atoms with Gasteiger partial charge >= 0.3 is 0 Å². The van der Waals surface area contributed by atoms with Gasteiger partial charge in [-0.3, -0.25) is 0 Å². The standard InChI is InChI=1S/C8H10O2.C7H8O3.CH4/c1-5-3-7(9)6(2)8(10)4-5;1-4-2-5(8)7(10)6(9)3-4;/h3-4,9-10H,1-2H3;2-3,8-10H,1H3;1H4. The Morgan fingerprint density at radius 3 is 1.19 bits per heavy atom. The number of phenols is 5. The van der Waals surface area contributed by atoms with Crippen LogP contribution >= 0.6 is 0 Å². The highest BCUT2D eigenvalue weighted by Crippen LogP contribution is 2.34. The SMILES string of the molecule is C.Cc1cc(O)c(C)c(O)c1.Cc1cc(O)c(O)c(O)c1. The Labute approximate surface area is 124 Å². The third-order valence-corrected chi connectivity index (χ3v) is 2.71. The van der Waals surface area contributed by atoms with Crippen LogP contribution < -0.4 is 0 Å². The summed E-state index contributed by atoms with van der Waals surface area (Å²) in [5, 5.41) is 44.8. The van der Waals surface area contributed by atoms with E-state index in [1.807, 2.05) is 6.92 Å². The molecule has 2 rings (SSSR count). The maximum absolute atomic E-state index is 9.12. The van der Waals surface area contributed by atoms with Crippen molar-refractivity contribution in [2.45, 2.75) is 28.2 Å². The van der Waals surface area contributed by atoms with Gasteiger partial charge in [-0.25, -0.2) is 0 Å². The lowest BCUT2D eigenvalue weighted by atomic mass is 10.1. The van der Waals surface area contributed by atoms with Gasteiger partial charge in [0, 0.05) is 5.56 Å². The van der Waals surface area contributed by atoms with Crippen LogP contribution in [-0.4, -0.2) is 25.5 Å². The van der Waals surface area contributed by atoms with Crippen molar-refractivity contribution in [1.29, 1.82) is 0 Å². The maximum Gasteiger partial charge on any atom is 0.200 e. The minimum atomic E-state index is -0.467. The van der Waals surface area contributed by atoms with Gasteiger partial charge < -0.3 is 25.5 Å². The van der Waals surface area contributed by atoms with E-state index in [1.165, 1.54) is 12.1 Å². The van der Waals surface area contributed by atoms with Crippen molar-refractivity contribution in [3.05, 3.63) is 41.0 Å². The summed E-state index contributed by atoms with van der Waals surface area (Å²) in [4.78, 5) is 0. The van der Waals surface area contributed by atoms with Gasteiger partial charge in [0.05, 0.1) is 0 Å². The molecule has 0 amide bonds.